The predicted octanol–water partition coefficient (Wildman–Crippen LogP) is 4.20. The van der Waals surface area contributed by atoms with Crippen LogP contribution in [-0.4, -0.2) is 32.3 Å². The Morgan fingerprint density at radius 3 is 2.50 bits per heavy atom. The molecular formula is C23H25NO4. The van der Waals surface area contributed by atoms with E-state index in [4.69, 9.17) is 14.2 Å². The molecule has 0 bridgehead atoms. The minimum absolute atomic E-state index is 0.148. The zero-order valence-electron chi connectivity index (χ0n) is 16.2. The smallest absolute Gasteiger partial charge is 0.261 e. The number of methoxy groups -OCH3 is 1. The van der Waals surface area contributed by atoms with E-state index in [9.17, 15) is 4.79 Å². The van der Waals surface area contributed by atoms with Gasteiger partial charge in [0.2, 0.25) is 0 Å². The molecule has 5 nitrogen and oxygen atoms in total. The largest absolute Gasteiger partial charge is 0.497 e. The summed E-state index contributed by atoms with van der Waals surface area (Å²) in [6.45, 7) is 2.69. The third-order valence-corrected chi connectivity index (χ3v) is 4.37. The Kier molecular flexibility index (Phi) is 6.73. The number of fused-ring (bicyclic) bond motifs is 1. The van der Waals surface area contributed by atoms with E-state index < -0.39 is 6.10 Å². The van der Waals surface area contributed by atoms with Crippen molar-refractivity contribution in [2.24, 2.45) is 0 Å². The van der Waals surface area contributed by atoms with Gasteiger partial charge in [0.25, 0.3) is 5.91 Å². The average Bonchev–Trinajstić information content (AvgIpc) is 2.75. The minimum atomic E-state index is -0.544. The van der Waals surface area contributed by atoms with Gasteiger partial charge in [-0.15, -0.1) is 0 Å². The molecule has 1 atom stereocenters. The maximum Gasteiger partial charge on any atom is 0.261 e. The Morgan fingerprint density at radius 2 is 1.71 bits per heavy atom. The Labute approximate surface area is 165 Å². The molecule has 3 aromatic rings. The van der Waals surface area contributed by atoms with Crippen molar-refractivity contribution in [2.75, 3.05) is 20.3 Å². The van der Waals surface area contributed by atoms with E-state index in [0.29, 0.717) is 31.1 Å². The molecule has 5 heteroatoms. The van der Waals surface area contributed by atoms with Crippen LogP contribution in [0.15, 0.2) is 66.7 Å². The van der Waals surface area contributed by atoms with Gasteiger partial charge in [-0.25, -0.2) is 0 Å². The second kappa shape index (κ2) is 9.65. The fourth-order valence-electron chi connectivity index (χ4n) is 2.88. The summed E-state index contributed by atoms with van der Waals surface area (Å²) in [7, 11) is 1.61. The molecular weight excluding hydrogens is 354 g/mol. The van der Waals surface area contributed by atoms with Crippen LogP contribution in [0, 0.1) is 0 Å². The molecule has 0 aliphatic heterocycles. The van der Waals surface area contributed by atoms with Gasteiger partial charge in [-0.2, -0.15) is 0 Å². The first-order chi connectivity index (χ1) is 13.7. The van der Waals surface area contributed by atoms with E-state index in [2.05, 4.69) is 5.32 Å². The highest BCUT2D eigenvalue weighted by molar-refractivity contribution is 5.84. The van der Waals surface area contributed by atoms with Crippen molar-refractivity contribution in [3.05, 3.63) is 66.7 Å². The van der Waals surface area contributed by atoms with Gasteiger partial charge >= 0.3 is 0 Å². The Bertz CT molecular complexity index is 925. The molecule has 0 aliphatic rings. The molecule has 0 saturated heterocycles. The van der Waals surface area contributed by atoms with Crippen LogP contribution in [0.25, 0.3) is 10.8 Å². The number of ether oxygens (including phenoxy) is 3. The molecule has 3 rings (SSSR count). The minimum Gasteiger partial charge on any atom is -0.497 e. The molecule has 0 radical (unpaired) electrons. The van der Waals surface area contributed by atoms with E-state index in [0.717, 1.165) is 16.5 Å². The van der Waals surface area contributed by atoms with Crippen molar-refractivity contribution in [1.82, 2.24) is 5.32 Å². The predicted molar refractivity (Wildman–Crippen MR) is 110 cm³/mol. The van der Waals surface area contributed by atoms with E-state index in [-0.39, 0.29) is 5.91 Å². The first kappa shape index (κ1) is 19.5. The molecule has 0 spiro atoms. The zero-order chi connectivity index (χ0) is 19.8. The lowest BCUT2D eigenvalue weighted by Gasteiger charge is -2.18. The van der Waals surface area contributed by atoms with Crippen LogP contribution in [0.5, 0.6) is 17.2 Å². The summed E-state index contributed by atoms with van der Waals surface area (Å²) in [6, 6.07) is 21.3. The van der Waals surface area contributed by atoms with Gasteiger partial charge in [0.05, 0.1) is 13.7 Å². The Morgan fingerprint density at radius 1 is 0.929 bits per heavy atom. The highest BCUT2D eigenvalue weighted by Gasteiger charge is 2.18. The van der Waals surface area contributed by atoms with Gasteiger partial charge in [0.1, 0.15) is 23.9 Å². The second-order valence-corrected chi connectivity index (χ2v) is 6.34. The number of carbonyl (C=O) groups excluding carboxylic acids is 1. The number of carbonyl (C=O) groups is 1. The van der Waals surface area contributed by atoms with Crippen LogP contribution in [0.4, 0.5) is 0 Å². The van der Waals surface area contributed by atoms with Gasteiger partial charge in [-0.1, -0.05) is 43.3 Å². The molecule has 1 N–H and O–H groups in total. The van der Waals surface area contributed by atoms with Crippen molar-refractivity contribution in [3.8, 4) is 17.2 Å². The number of amides is 1. The number of rotatable bonds is 9. The summed E-state index contributed by atoms with van der Waals surface area (Å²) in [5.41, 5.74) is 0. The fraction of sp³-hybridized carbons (Fsp3) is 0.261. The van der Waals surface area contributed by atoms with Gasteiger partial charge in [0.15, 0.2) is 6.10 Å². The SMILES string of the molecule is CC[C@H](Oc1ccc2ccccc2c1)C(=O)NCCOc1cccc(OC)c1. The summed E-state index contributed by atoms with van der Waals surface area (Å²) in [6.07, 6.45) is 0.0352. The van der Waals surface area contributed by atoms with Crippen molar-refractivity contribution in [2.45, 2.75) is 19.4 Å². The molecule has 0 aromatic heterocycles. The first-order valence-corrected chi connectivity index (χ1v) is 9.39. The third kappa shape index (κ3) is 5.16. The summed E-state index contributed by atoms with van der Waals surface area (Å²) < 4.78 is 16.7. The standard InChI is InChI=1S/C23H25NO4/c1-3-22(28-21-12-11-17-7-4-5-8-18(17)15-21)23(25)24-13-14-27-20-10-6-9-19(16-20)26-2/h4-12,15-16,22H,3,13-14H2,1-2H3,(H,24,25)/t22-/m0/s1. The maximum atomic E-state index is 12.4. The van der Waals surface area contributed by atoms with Crippen molar-refractivity contribution >= 4 is 16.7 Å². The monoisotopic (exact) mass is 379 g/mol. The van der Waals surface area contributed by atoms with E-state index >= 15 is 0 Å². The first-order valence-electron chi connectivity index (χ1n) is 9.39. The van der Waals surface area contributed by atoms with Crippen molar-refractivity contribution in [1.29, 1.82) is 0 Å². The second-order valence-electron chi connectivity index (χ2n) is 6.34. The summed E-state index contributed by atoms with van der Waals surface area (Å²) >= 11 is 0. The summed E-state index contributed by atoms with van der Waals surface area (Å²) in [4.78, 5) is 12.4. The topological polar surface area (TPSA) is 56.8 Å². The number of hydrogen-bond acceptors (Lipinski definition) is 4. The lowest BCUT2D eigenvalue weighted by molar-refractivity contribution is -0.128. The van der Waals surface area contributed by atoms with E-state index in [1.54, 1.807) is 13.2 Å². The van der Waals surface area contributed by atoms with Gasteiger partial charge in [-0.05, 0) is 41.5 Å². The fourth-order valence-corrected chi connectivity index (χ4v) is 2.88. The van der Waals surface area contributed by atoms with Crippen LogP contribution in [0.3, 0.4) is 0 Å². The summed E-state index contributed by atoms with van der Waals surface area (Å²) in [5.74, 6) is 1.97. The van der Waals surface area contributed by atoms with E-state index in [1.807, 2.05) is 67.6 Å². The number of hydrogen-bond donors (Lipinski definition) is 1. The molecule has 3 aromatic carbocycles. The van der Waals surface area contributed by atoms with Crippen LogP contribution in [0.1, 0.15) is 13.3 Å². The highest BCUT2D eigenvalue weighted by Crippen LogP contribution is 2.22. The van der Waals surface area contributed by atoms with Crippen LogP contribution >= 0.6 is 0 Å². The maximum absolute atomic E-state index is 12.4. The molecule has 0 unspecified atom stereocenters. The molecule has 146 valence electrons. The lowest BCUT2D eigenvalue weighted by atomic mass is 10.1. The Balaban J connectivity index is 1.50. The summed E-state index contributed by atoms with van der Waals surface area (Å²) in [5, 5.41) is 5.10. The van der Waals surface area contributed by atoms with Gasteiger partial charge in [-0.3, -0.25) is 4.79 Å². The Hall–Kier alpha value is -3.21. The molecule has 1 amide bonds. The molecule has 28 heavy (non-hydrogen) atoms. The van der Waals surface area contributed by atoms with Crippen LogP contribution in [-0.2, 0) is 4.79 Å². The number of nitrogens with one attached hydrogen (secondary N) is 1. The zero-order valence-corrected chi connectivity index (χ0v) is 16.2. The van der Waals surface area contributed by atoms with Gasteiger partial charge in [0, 0.05) is 6.07 Å². The molecule has 0 heterocycles. The van der Waals surface area contributed by atoms with Gasteiger partial charge < -0.3 is 19.5 Å². The molecule has 0 aliphatic carbocycles. The number of benzene rings is 3. The lowest BCUT2D eigenvalue weighted by Crippen LogP contribution is -2.39. The van der Waals surface area contributed by atoms with Crippen molar-refractivity contribution in [3.63, 3.8) is 0 Å². The average molecular weight is 379 g/mol. The normalized spacial score (nSPS) is 11.6. The van der Waals surface area contributed by atoms with Crippen LogP contribution in [0.2, 0.25) is 0 Å². The molecule has 0 saturated carbocycles. The molecule has 0 fully saturated rings. The van der Waals surface area contributed by atoms with Crippen LogP contribution < -0.4 is 19.5 Å². The highest BCUT2D eigenvalue weighted by atomic mass is 16.5. The third-order valence-electron chi connectivity index (χ3n) is 4.37. The van der Waals surface area contributed by atoms with Crippen molar-refractivity contribution < 1.29 is 19.0 Å². The van der Waals surface area contributed by atoms with E-state index in [1.165, 1.54) is 0 Å². The quantitative estimate of drug-likeness (QED) is 0.566.